The molecule has 0 radical (unpaired) electrons. The maximum absolute atomic E-state index is 13.4. The molecular weight excluding hydrogens is 604 g/mol. The molecule has 12 nitrogen and oxygen atoms in total. The molecule has 0 spiro atoms. The number of sulfonamides is 1. The van der Waals surface area contributed by atoms with Gasteiger partial charge in [0.15, 0.2) is 11.5 Å². The Morgan fingerprint density at radius 3 is 2.48 bits per heavy atom. The first-order chi connectivity index (χ1) is 22.1. The van der Waals surface area contributed by atoms with Gasteiger partial charge in [-0.25, -0.2) is 18.1 Å². The van der Waals surface area contributed by atoms with Crippen LogP contribution >= 0.6 is 0 Å². The summed E-state index contributed by atoms with van der Waals surface area (Å²) in [4.78, 5) is 29.1. The zero-order valence-electron chi connectivity index (χ0n) is 26.2. The highest BCUT2D eigenvalue weighted by atomic mass is 32.2. The first-order valence-corrected chi connectivity index (χ1v) is 16.8. The molecule has 4 heterocycles. The van der Waals surface area contributed by atoms with Gasteiger partial charge in [0.05, 0.1) is 11.9 Å². The van der Waals surface area contributed by atoms with Crippen LogP contribution in [0, 0.1) is 13.8 Å². The van der Waals surface area contributed by atoms with E-state index in [1.807, 2.05) is 57.3 Å². The number of carbonyl (C=O) groups excluding carboxylic acids is 1. The fraction of sp³-hybridized carbons (Fsp3) is 0.303. The number of hydrogen-bond acceptors (Lipinski definition) is 9. The van der Waals surface area contributed by atoms with Crippen LogP contribution in [0.3, 0.4) is 0 Å². The second kappa shape index (κ2) is 12.9. The number of carbonyl (C=O) groups is 1. The van der Waals surface area contributed by atoms with Crippen molar-refractivity contribution in [2.45, 2.75) is 39.7 Å². The zero-order chi connectivity index (χ0) is 32.4. The number of ether oxygens (including phenoxy) is 1. The van der Waals surface area contributed by atoms with Gasteiger partial charge in [0.1, 0.15) is 11.1 Å². The molecule has 1 aliphatic rings. The molecule has 0 saturated carbocycles. The number of nitrogens with zero attached hydrogens (tertiary/aromatic N) is 6. The first-order valence-electron chi connectivity index (χ1n) is 15.2. The monoisotopic (exact) mass is 640 g/mol. The molecule has 2 aromatic carbocycles. The molecule has 1 aliphatic heterocycles. The topological polar surface area (TPSA) is 144 Å². The van der Waals surface area contributed by atoms with E-state index in [0.717, 1.165) is 48.3 Å². The average molecular weight is 641 g/mol. The van der Waals surface area contributed by atoms with Crippen LogP contribution in [-0.4, -0.2) is 63.9 Å². The highest BCUT2D eigenvalue weighted by molar-refractivity contribution is 7.89. The minimum absolute atomic E-state index is 0.0448. The second-order valence-electron chi connectivity index (χ2n) is 11.4. The summed E-state index contributed by atoms with van der Waals surface area (Å²) in [6, 6.07) is 14.8. The SMILES string of the molecule is CCS(=O)(=O)NC1CCN(c2ccc(NC(=O)c3ccc(C)c(Oc4nc(-c5ccncc5)nc5c4cnn5C)c3)cc2C)CC1. The van der Waals surface area contributed by atoms with Gasteiger partial charge in [-0.2, -0.15) is 10.1 Å². The molecule has 238 valence electrons. The summed E-state index contributed by atoms with van der Waals surface area (Å²) in [6.07, 6.45) is 6.50. The highest BCUT2D eigenvalue weighted by Crippen LogP contribution is 2.32. The van der Waals surface area contributed by atoms with E-state index in [-0.39, 0.29) is 17.7 Å². The Morgan fingerprint density at radius 1 is 1.00 bits per heavy atom. The molecule has 2 N–H and O–H groups in total. The Kier molecular flexibility index (Phi) is 8.69. The second-order valence-corrected chi connectivity index (χ2v) is 13.5. The molecule has 0 bridgehead atoms. The van der Waals surface area contributed by atoms with Crippen LogP contribution in [0.4, 0.5) is 11.4 Å². The van der Waals surface area contributed by atoms with Gasteiger partial charge in [0.2, 0.25) is 15.9 Å². The van der Waals surface area contributed by atoms with E-state index in [9.17, 15) is 13.2 Å². The molecule has 1 saturated heterocycles. The maximum Gasteiger partial charge on any atom is 0.255 e. The van der Waals surface area contributed by atoms with E-state index in [1.54, 1.807) is 42.3 Å². The number of aromatic nitrogens is 5. The lowest BCUT2D eigenvalue weighted by Crippen LogP contribution is -2.45. The smallest absolute Gasteiger partial charge is 0.255 e. The van der Waals surface area contributed by atoms with Crippen molar-refractivity contribution in [3.05, 3.63) is 83.8 Å². The van der Waals surface area contributed by atoms with Crippen molar-refractivity contribution < 1.29 is 17.9 Å². The van der Waals surface area contributed by atoms with Crippen molar-refractivity contribution in [1.82, 2.24) is 29.5 Å². The van der Waals surface area contributed by atoms with E-state index in [1.165, 1.54) is 0 Å². The largest absolute Gasteiger partial charge is 0.438 e. The Bertz CT molecular complexity index is 2010. The number of piperidine rings is 1. The number of amides is 1. The van der Waals surface area contributed by atoms with Gasteiger partial charge in [-0.3, -0.25) is 14.5 Å². The van der Waals surface area contributed by atoms with Gasteiger partial charge >= 0.3 is 0 Å². The molecule has 46 heavy (non-hydrogen) atoms. The minimum atomic E-state index is -3.22. The molecule has 0 unspecified atom stereocenters. The van der Waals surface area contributed by atoms with Gasteiger partial charge in [0.25, 0.3) is 5.91 Å². The van der Waals surface area contributed by atoms with Crippen molar-refractivity contribution in [3.8, 4) is 23.0 Å². The molecule has 3 aromatic heterocycles. The Morgan fingerprint density at radius 2 is 1.76 bits per heavy atom. The van der Waals surface area contributed by atoms with E-state index in [0.29, 0.717) is 39.7 Å². The number of aryl methyl sites for hydroxylation is 3. The summed E-state index contributed by atoms with van der Waals surface area (Å²) < 4.78 is 34.7. The zero-order valence-corrected chi connectivity index (χ0v) is 27.0. The average Bonchev–Trinajstić information content (AvgIpc) is 3.43. The number of fused-ring (bicyclic) bond motifs is 1. The number of hydrogen-bond donors (Lipinski definition) is 2. The van der Waals surface area contributed by atoms with Crippen LogP contribution in [0.25, 0.3) is 22.4 Å². The van der Waals surface area contributed by atoms with Crippen LogP contribution in [0.1, 0.15) is 41.3 Å². The van der Waals surface area contributed by atoms with Crippen molar-refractivity contribution in [2.75, 3.05) is 29.1 Å². The molecule has 1 fully saturated rings. The first kappa shape index (κ1) is 31.1. The van der Waals surface area contributed by atoms with Crippen LogP contribution < -0.4 is 19.7 Å². The van der Waals surface area contributed by atoms with E-state index >= 15 is 0 Å². The van der Waals surface area contributed by atoms with E-state index in [4.69, 9.17) is 9.72 Å². The lowest BCUT2D eigenvalue weighted by atomic mass is 10.0. The summed E-state index contributed by atoms with van der Waals surface area (Å²) in [5, 5.41) is 8.00. The number of rotatable bonds is 9. The standard InChI is InChI=1S/C33H36N8O4S/c1-5-46(43,44)39-25-12-16-41(17-13-25)28-9-8-26(18-22(28)3)36-32(42)24-7-6-21(2)29(19-24)45-33-27-20-35-40(4)31(27)37-30(38-33)23-10-14-34-15-11-23/h6-11,14-15,18-20,25,39H,5,12-13,16-17H2,1-4H3,(H,36,42). The van der Waals surface area contributed by atoms with Gasteiger partial charge in [0, 0.05) is 61.1 Å². The Hall–Kier alpha value is -4.88. The lowest BCUT2D eigenvalue weighted by molar-refractivity contribution is 0.102. The quantitative estimate of drug-likeness (QED) is 0.228. The summed E-state index contributed by atoms with van der Waals surface area (Å²) in [5.41, 5.74) is 5.44. The minimum Gasteiger partial charge on any atom is -0.438 e. The third-order valence-electron chi connectivity index (χ3n) is 8.17. The third kappa shape index (κ3) is 6.70. The third-order valence-corrected chi connectivity index (χ3v) is 9.62. The van der Waals surface area contributed by atoms with Crippen LogP contribution in [-0.2, 0) is 17.1 Å². The van der Waals surface area contributed by atoms with Crippen LogP contribution in [0.15, 0.2) is 67.1 Å². The van der Waals surface area contributed by atoms with E-state index < -0.39 is 10.0 Å². The molecule has 5 aromatic rings. The fourth-order valence-electron chi connectivity index (χ4n) is 5.53. The Balaban J connectivity index is 1.17. The van der Waals surface area contributed by atoms with Crippen LogP contribution in [0.2, 0.25) is 0 Å². The van der Waals surface area contributed by atoms with E-state index in [2.05, 4.69) is 30.0 Å². The van der Waals surface area contributed by atoms with Crippen LogP contribution in [0.5, 0.6) is 11.6 Å². The Labute approximate surface area is 267 Å². The molecular formula is C33H36N8O4S. The lowest BCUT2D eigenvalue weighted by Gasteiger charge is -2.34. The van der Waals surface area contributed by atoms with Gasteiger partial charge < -0.3 is 15.0 Å². The number of nitrogens with one attached hydrogen (secondary N) is 2. The predicted octanol–water partition coefficient (Wildman–Crippen LogP) is 4.99. The summed E-state index contributed by atoms with van der Waals surface area (Å²) in [7, 11) is -1.41. The van der Waals surface area contributed by atoms with Gasteiger partial charge in [-0.15, -0.1) is 0 Å². The molecule has 13 heteroatoms. The van der Waals surface area contributed by atoms with Crippen molar-refractivity contribution in [1.29, 1.82) is 0 Å². The summed E-state index contributed by atoms with van der Waals surface area (Å²) >= 11 is 0. The highest BCUT2D eigenvalue weighted by Gasteiger charge is 2.24. The fourth-order valence-corrected chi connectivity index (χ4v) is 6.44. The van der Waals surface area contributed by atoms with Crippen molar-refractivity contribution in [2.24, 2.45) is 7.05 Å². The molecule has 1 amide bonds. The summed E-state index contributed by atoms with van der Waals surface area (Å²) in [5.74, 6) is 1.12. The number of anilines is 2. The molecule has 0 aliphatic carbocycles. The normalized spacial score (nSPS) is 14.0. The summed E-state index contributed by atoms with van der Waals surface area (Å²) in [6.45, 7) is 7.06. The van der Waals surface area contributed by atoms with Gasteiger partial charge in [-0.05, 0) is 87.2 Å². The van der Waals surface area contributed by atoms with Crippen molar-refractivity contribution in [3.63, 3.8) is 0 Å². The predicted molar refractivity (Wildman–Crippen MR) is 178 cm³/mol. The molecule has 6 rings (SSSR count). The molecule has 0 atom stereocenters. The number of benzene rings is 2. The van der Waals surface area contributed by atoms with Crippen molar-refractivity contribution >= 4 is 38.3 Å². The van der Waals surface area contributed by atoms with Gasteiger partial charge in [-0.1, -0.05) is 6.07 Å². The number of pyridine rings is 1. The maximum atomic E-state index is 13.4.